The van der Waals surface area contributed by atoms with Crippen LogP contribution < -0.4 is 19.7 Å². The molecule has 7 heteroatoms. The molecule has 1 aliphatic rings. The number of carbonyl (C=O) groups excluding carboxylic acids is 1. The molecule has 2 amide bonds. The third-order valence-electron chi connectivity index (χ3n) is 4.81. The van der Waals surface area contributed by atoms with Crippen LogP contribution >= 0.6 is 0 Å². The summed E-state index contributed by atoms with van der Waals surface area (Å²) in [5.41, 5.74) is 1.94. The maximum absolute atomic E-state index is 12.9. The number of rotatable bonds is 5. The number of likely N-dealkylation sites (tertiary alicyclic amines) is 1. The van der Waals surface area contributed by atoms with Crippen molar-refractivity contribution < 1.29 is 14.3 Å². The van der Waals surface area contributed by atoms with E-state index in [1.54, 1.807) is 20.4 Å². The Kier molecular flexibility index (Phi) is 5.69. The fraction of sp³-hybridized carbons (Fsp3) is 0.400. The summed E-state index contributed by atoms with van der Waals surface area (Å²) in [6.07, 6.45) is 3.55. The quantitative estimate of drug-likeness (QED) is 0.872. The highest BCUT2D eigenvalue weighted by Crippen LogP contribution is 2.39. The van der Waals surface area contributed by atoms with E-state index in [4.69, 9.17) is 9.47 Å². The fourth-order valence-electron chi connectivity index (χ4n) is 3.34. The molecule has 1 aromatic carbocycles. The van der Waals surface area contributed by atoms with Crippen molar-refractivity contribution in [3.05, 3.63) is 42.1 Å². The van der Waals surface area contributed by atoms with Crippen molar-refractivity contribution in [2.24, 2.45) is 0 Å². The van der Waals surface area contributed by atoms with Crippen LogP contribution in [0.5, 0.6) is 11.5 Å². The highest BCUT2D eigenvalue weighted by molar-refractivity contribution is 5.89. The van der Waals surface area contributed by atoms with Gasteiger partial charge in [0.1, 0.15) is 17.3 Å². The number of pyridine rings is 1. The van der Waals surface area contributed by atoms with Gasteiger partial charge in [-0.2, -0.15) is 0 Å². The summed E-state index contributed by atoms with van der Waals surface area (Å²) in [5.74, 6) is 2.04. The number of aromatic nitrogens is 1. The van der Waals surface area contributed by atoms with Crippen molar-refractivity contribution in [2.75, 3.05) is 45.1 Å². The molecule has 144 valence electrons. The summed E-state index contributed by atoms with van der Waals surface area (Å²) < 4.78 is 10.9. The number of carbonyl (C=O) groups is 1. The molecule has 1 atom stereocenters. The first-order chi connectivity index (χ1) is 13.0. The third kappa shape index (κ3) is 4.07. The van der Waals surface area contributed by atoms with Gasteiger partial charge in [0.15, 0.2) is 0 Å². The molecule has 3 rings (SSSR count). The van der Waals surface area contributed by atoms with Crippen LogP contribution in [0.1, 0.15) is 24.4 Å². The Morgan fingerprint density at radius 3 is 2.67 bits per heavy atom. The van der Waals surface area contributed by atoms with Gasteiger partial charge in [-0.05, 0) is 43.2 Å². The first-order valence-corrected chi connectivity index (χ1v) is 8.96. The zero-order chi connectivity index (χ0) is 19.4. The van der Waals surface area contributed by atoms with Crippen LogP contribution in [-0.2, 0) is 0 Å². The van der Waals surface area contributed by atoms with Gasteiger partial charge in [-0.1, -0.05) is 0 Å². The lowest BCUT2D eigenvalue weighted by Crippen LogP contribution is -2.34. The second kappa shape index (κ2) is 8.16. The molecule has 1 aromatic heterocycles. The van der Waals surface area contributed by atoms with Gasteiger partial charge >= 0.3 is 6.03 Å². The molecule has 2 heterocycles. The van der Waals surface area contributed by atoms with Gasteiger partial charge < -0.3 is 19.3 Å². The summed E-state index contributed by atoms with van der Waals surface area (Å²) >= 11 is 0. The number of hydrogen-bond donors (Lipinski definition) is 1. The number of anilines is 2. The summed E-state index contributed by atoms with van der Waals surface area (Å²) in [7, 11) is 7.17. The Morgan fingerprint density at radius 2 is 2.04 bits per heavy atom. The number of nitrogens with one attached hydrogen (secondary N) is 1. The van der Waals surface area contributed by atoms with Crippen LogP contribution in [0.4, 0.5) is 16.3 Å². The number of benzene rings is 1. The molecule has 27 heavy (non-hydrogen) atoms. The lowest BCUT2D eigenvalue weighted by Gasteiger charge is -2.26. The normalized spacial score (nSPS) is 16.1. The predicted octanol–water partition coefficient (Wildman–Crippen LogP) is 3.53. The van der Waals surface area contributed by atoms with Gasteiger partial charge in [-0.15, -0.1) is 0 Å². The molecule has 0 spiro atoms. The molecule has 0 radical (unpaired) electrons. The molecule has 0 saturated carbocycles. The molecule has 2 aromatic rings. The molecule has 1 fully saturated rings. The Morgan fingerprint density at radius 1 is 1.22 bits per heavy atom. The molecule has 1 unspecified atom stereocenters. The molecular formula is C20H26N4O3. The monoisotopic (exact) mass is 370 g/mol. The van der Waals surface area contributed by atoms with Crippen molar-refractivity contribution in [3.63, 3.8) is 0 Å². The van der Waals surface area contributed by atoms with E-state index >= 15 is 0 Å². The van der Waals surface area contributed by atoms with Crippen LogP contribution in [0.3, 0.4) is 0 Å². The second-order valence-corrected chi connectivity index (χ2v) is 6.69. The van der Waals surface area contributed by atoms with Crippen LogP contribution in [0, 0.1) is 0 Å². The zero-order valence-corrected chi connectivity index (χ0v) is 16.2. The van der Waals surface area contributed by atoms with E-state index in [9.17, 15) is 4.79 Å². The lowest BCUT2D eigenvalue weighted by molar-refractivity contribution is 0.206. The SMILES string of the molecule is COc1ccc(OC)c(C2CCCN2C(=O)Nc2ccc(N(C)C)cn2)c1. The maximum Gasteiger partial charge on any atom is 0.323 e. The lowest BCUT2D eigenvalue weighted by atomic mass is 10.0. The van der Waals surface area contributed by atoms with Crippen molar-refractivity contribution in [1.29, 1.82) is 0 Å². The topological polar surface area (TPSA) is 66.9 Å². The summed E-state index contributed by atoms with van der Waals surface area (Å²) in [4.78, 5) is 21.0. The highest BCUT2D eigenvalue weighted by Gasteiger charge is 2.32. The van der Waals surface area contributed by atoms with E-state index in [1.165, 1.54) is 0 Å². The van der Waals surface area contributed by atoms with E-state index < -0.39 is 0 Å². The maximum atomic E-state index is 12.9. The highest BCUT2D eigenvalue weighted by atomic mass is 16.5. The van der Waals surface area contributed by atoms with E-state index in [1.807, 2.05) is 54.2 Å². The Bertz CT molecular complexity index is 792. The van der Waals surface area contributed by atoms with Crippen molar-refractivity contribution in [2.45, 2.75) is 18.9 Å². The minimum absolute atomic E-state index is 0.0592. The molecule has 0 bridgehead atoms. The minimum Gasteiger partial charge on any atom is -0.497 e. The number of urea groups is 1. The smallest absolute Gasteiger partial charge is 0.323 e. The molecule has 1 aliphatic heterocycles. The Balaban J connectivity index is 1.78. The summed E-state index contributed by atoms with van der Waals surface area (Å²) in [6.45, 7) is 0.687. The first-order valence-electron chi connectivity index (χ1n) is 8.96. The number of ether oxygens (including phenoxy) is 2. The van der Waals surface area contributed by atoms with Gasteiger partial charge in [-0.25, -0.2) is 9.78 Å². The van der Waals surface area contributed by atoms with E-state index in [-0.39, 0.29) is 12.1 Å². The van der Waals surface area contributed by atoms with Crippen LogP contribution in [0.15, 0.2) is 36.5 Å². The third-order valence-corrected chi connectivity index (χ3v) is 4.81. The van der Waals surface area contributed by atoms with Gasteiger partial charge in [0.05, 0.1) is 32.1 Å². The number of amides is 2. The average molecular weight is 370 g/mol. The van der Waals surface area contributed by atoms with Gasteiger partial charge in [0, 0.05) is 26.2 Å². The molecular weight excluding hydrogens is 344 g/mol. The Labute approximate surface area is 159 Å². The second-order valence-electron chi connectivity index (χ2n) is 6.69. The molecule has 1 saturated heterocycles. The van der Waals surface area contributed by atoms with Gasteiger partial charge in [-0.3, -0.25) is 5.32 Å². The largest absolute Gasteiger partial charge is 0.497 e. The number of hydrogen-bond acceptors (Lipinski definition) is 5. The first kappa shape index (κ1) is 18.8. The van der Waals surface area contributed by atoms with E-state index in [2.05, 4.69) is 10.3 Å². The summed E-state index contributed by atoms with van der Waals surface area (Å²) in [5, 5.41) is 2.90. The average Bonchev–Trinajstić information content (AvgIpc) is 3.17. The molecule has 7 nitrogen and oxygen atoms in total. The Hall–Kier alpha value is -2.96. The van der Waals surface area contributed by atoms with Crippen molar-refractivity contribution >= 4 is 17.5 Å². The van der Waals surface area contributed by atoms with Gasteiger partial charge in [0.25, 0.3) is 0 Å². The van der Waals surface area contributed by atoms with Gasteiger partial charge in [0.2, 0.25) is 0 Å². The van der Waals surface area contributed by atoms with Crippen molar-refractivity contribution in [3.8, 4) is 11.5 Å². The molecule has 0 aliphatic carbocycles. The fourth-order valence-corrected chi connectivity index (χ4v) is 3.34. The van der Waals surface area contributed by atoms with Crippen LogP contribution in [-0.4, -0.2) is 50.8 Å². The standard InChI is InChI=1S/C20H26N4O3/c1-23(2)14-7-10-19(21-13-14)22-20(25)24-11-5-6-17(24)16-12-15(26-3)8-9-18(16)27-4/h7-10,12-13,17H,5-6,11H2,1-4H3,(H,21,22,25). The zero-order valence-electron chi connectivity index (χ0n) is 16.2. The predicted molar refractivity (Wildman–Crippen MR) is 106 cm³/mol. The van der Waals surface area contributed by atoms with Crippen LogP contribution in [0.25, 0.3) is 0 Å². The van der Waals surface area contributed by atoms with E-state index in [0.29, 0.717) is 12.4 Å². The number of nitrogens with zero attached hydrogens (tertiary/aromatic N) is 3. The van der Waals surface area contributed by atoms with E-state index in [0.717, 1.165) is 35.6 Å². The number of methoxy groups -OCH3 is 2. The van der Waals surface area contributed by atoms with Crippen molar-refractivity contribution in [1.82, 2.24) is 9.88 Å². The molecule has 1 N–H and O–H groups in total. The summed E-state index contributed by atoms with van der Waals surface area (Å²) in [6, 6.07) is 9.20. The minimum atomic E-state index is -0.160. The van der Waals surface area contributed by atoms with Crippen LogP contribution in [0.2, 0.25) is 0 Å².